The molecule has 0 spiro atoms. The topological polar surface area (TPSA) is 111 Å². The quantitative estimate of drug-likeness (QED) is 0.201. The van der Waals surface area contributed by atoms with E-state index in [4.69, 9.17) is 14.2 Å². The minimum Gasteiger partial charge on any atom is -0.462 e. The zero-order valence-corrected chi connectivity index (χ0v) is 41.1. The molecular weight excluding hydrogens is 777 g/mol. The van der Waals surface area contributed by atoms with E-state index in [-0.39, 0.29) is 86.6 Å². The second-order valence-electron chi connectivity index (χ2n) is 25.9. The summed E-state index contributed by atoms with van der Waals surface area (Å²) in [6.07, 6.45) is 11.5. The van der Waals surface area contributed by atoms with Crippen LogP contribution in [0, 0.1) is 85.2 Å². The minimum absolute atomic E-state index is 0.00667. The van der Waals surface area contributed by atoms with Gasteiger partial charge in [-0.1, -0.05) is 74.5 Å². The van der Waals surface area contributed by atoms with E-state index >= 15 is 4.79 Å². The summed E-state index contributed by atoms with van der Waals surface area (Å²) < 4.78 is 17.8. The molecular formula is C53H84N2O7. The molecule has 7 aliphatic carbocycles. The minimum atomic E-state index is -0.558. The van der Waals surface area contributed by atoms with Crippen molar-refractivity contribution in [3.8, 4) is 0 Å². The number of amides is 2. The van der Waals surface area contributed by atoms with Gasteiger partial charge in [0, 0.05) is 30.5 Å². The van der Waals surface area contributed by atoms with Gasteiger partial charge in [0.2, 0.25) is 11.8 Å². The Kier molecular flexibility index (Phi) is 11.2. The molecule has 8 aliphatic rings. The van der Waals surface area contributed by atoms with Crippen LogP contribution in [0.15, 0.2) is 12.2 Å². The molecule has 0 aromatic carbocycles. The number of morpholine rings is 1. The van der Waals surface area contributed by atoms with Crippen molar-refractivity contribution in [1.29, 1.82) is 0 Å². The van der Waals surface area contributed by atoms with Gasteiger partial charge in [0.25, 0.3) is 0 Å². The first-order valence-corrected chi connectivity index (χ1v) is 24.9. The molecule has 1 N–H and O–H groups in total. The summed E-state index contributed by atoms with van der Waals surface area (Å²) in [5.41, 5.74) is -0.376. The third-order valence-corrected chi connectivity index (χ3v) is 21.2. The number of carbonyl (C=O) groups excluding carboxylic acids is 4. The second kappa shape index (κ2) is 15.1. The number of esters is 2. The highest BCUT2D eigenvalue weighted by molar-refractivity contribution is 5.86. The van der Waals surface area contributed by atoms with Gasteiger partial charge in [-0.2, -0.15) is 0 Å². The van der Waals surface area contributed by atoms with Gasteiger partial charge in [0.15, 0.2) is 0 Å². The number of fused-ring (bicyclic) bond motifs is 7. The zero-order valence-electron chi connectivity index (χ0n) is 41.1. The Bertz CT molecular complexity index is 1840. The molecule has 0 aromatic rings. The highest BCUT2D eigenvalue weighted by atomic mass is 16.6. The normalized spacial score (nSPS) is 45.0. The summed E-state index contributed by atoms with van der Waals surface area (Å²) in [5.74, 6) is 1.44. The van der Waals surface area contributed by atoms with Crippen LogP contribution in [0.25, 0.3) is 0 Å². The highest BCUT2D eigenvalue weighted by Gasteiger charge is 2.72. The smallest absolute Gasteiger partial charge is 0.310 e. The molecule has 8 rings (SSSR count). The van der Waals surface area contributed by atoms with Gasteiger partial charge in [0.1, 0.15) is 11.7 Å². The Labute approximate surface area is 374 Å². The number of nitrogens with one attached hydrogen (secondary N) is 1. The van der Waals surface area contributed by atoms with Crippen LogP contribution in [-0.2, 0) is 33.4 Å². The second-order valence-corrected chi connectivity index (χ2v) is 25.9. The van der Waals surface area contributed by atoms with Crippen molar-refractivity contribution in [2.75, 3.05) is 26.3 Å². The number of ether oxygens (including phenoxy) is 3. The van der Waals surface area contributed by atoms with Crippen LogP contribution in [0.1, 0.15) is 167 Å². The van der Waals surface area contributed by atoms with Crippen LogP contribution in [0.3, 0.4) is 0 Å². The van der Waals surface area contributed by atoms with Crippen LogP contribution in [0.4, 0.5) is 0 Å². The molecule has 0 aromatic heterocycles. The fraction of sp³-hybridized carbons (Fsp3) is 0.887. The third-order valence-electron chi connectivity index (χ3n) is 21.2. The lowest BCUT2D eigenvalue weighted by atomic mass is 9.32. The van der Waals surface area contributed by atoms with E-state index in [1.54, 1.807) is 0 Å². The van der Waals surface area contributed by atoms with Gasteiger partial charge in [-0.05, 0) is 161 Å². The number of hydrogen-bond donors (Lipinski definition) is 1. The molecule has 0 bridgehead atoms. The van der Waals surface area contributed by atoms with Gasteiger partial charge in [0.05, 0.1) is 30.5 Å². The van der Waals surface area contributed by atoms with Crippen LogP contribution in [0.5, 0.6) is 0 Å². The molecule has 1 heterocycles. The number of rotatable bonds is 7. The van der Waals surface area contributed by atoms with Crippen molar-refractivity contribution in [2.45, 2.75) is 185 Å². The third kappa shape index (κ3) is 6.72. The van der Waals surface area contributed by atoms with Crippen molar-refractivity contribution in [2.24, 2.45) is 85.2 Å². The number of carbonyl (C=O) groups is 4. The Balaban J connectivity index is 0.975. The van der Waals surface area contributed by atoms with Crippen molar-refractivity contribution >= 4 is 23.8 Å². The van der Waals surface area contributed by atoms with Crippen molar-refractivity contribution in [3.63, 3.8) is 0 Å². The lowest BCUT2D eigenvalue weighted by Gasteiger charge is -2.73. The predicted molar refractivity (Wildman–Crippen MR) is 241 cm³/mol. The van der Waals surface area contributed by atoms with Crippen molar-refractivity contribution in [1.82, 2.24) is 10.2 Å². The molecule has 8 fully saturated rings. The Morgan fingerprint density at radius 2 is 1.35 bits per heavy atom. The molecule has 348 valence electrons. The van der Waals surface area contributed by atoms with E-state index in [1.165, 1.54) is 12.0 Å². The van der Waals surface area contributed by atoms with Gasteiger partial charge in [-0.3, -0.25) is 19.2 Å². The fourth-order valence-electron chi connectivity index (χ4n) is 16.9. The van der Waals surface area contributed by atoms with E-state index in [9.17, 15) is 14.4 Å². The van der Waals surface area contributed by atoms with E-state index in [1.807, 2.05) is 39.5 Å². The van der Waals surface area contributed by atoms with Crippen LogP contribution in [0.2, 0.25) is 0 Å². The van der Waals surface area contributed by atoms with Crippen molar-refractivity contribution < 1.29 is 33.4 Å². The summed E-state index contributed by atoms with van der Waals surface area (Å²) in [5, 5.41) is 3.64. The molecule has 9 heteroatoms. The largest absolute Gasteiger partial charge is 0.462 e. The Morgan fingerprint density at radius 1 is 0.694 bits per heavy atom. The lowest BCUT2D eigenvalue weighted by Crippen LogP contribution is -2.68. The molecule has 9 nitrogen and oxygen atoms in total. The molecule has 1 saturated heterocycles. The van der Waals surface area contributed by atoms with E-state index in [0.717, 1.165) is 57.8 Å². The van der Waals surface area contributed by atoms with Gasteiger partial charge < -0.3 is 24.4 Å². The first-order valence-electron chi connectivity index (χ1n) is 24.9. The maximum atomic E-state index is 15.1. The molecule has 62 heavy (non-hydrogen) atoms. The lowest BCUT2D eigenvalue weighted by molar-refractivity contribution is -0.251. The summed E-state index contributed by atoms with van der Waals surface area (Å²) in [7, 11) is 0. The first-order chi connectivity index (χ1) is 28.7. The molecule has 1 aliphatic heterocycles. The van der Waals surface area contributed by atoms with Gasteiger partial charge in [-0.15, -0.1) is 0 Å². The monoisotopic (exact) mass is 861 g/mol. The van der Waals surface area contributed by atoms with Crippen LogP contribution < -0.4 is 5.32 Å². The average molecular weight is 861 g/mol. The van der Waals surface area contributed by atoms with E-state index in [0.29, 0.717) is 62.8 Å². The maximum Gasteiger partial charge on any atom is 0.310 e. The number of hydrogen-bond acceptors (Lipinski definition) is 7. The van der Waals surface area contributed by atoms with Crippen LogP contribution in [-0.4, -0.2) is 72.7 Å². The number of nitrogens with zero attached hydrogens (tertiary/aromatic N) is 1. The van der Waals surface area contributed by atoms with E-state index in [2.05, 4.69) is 67.3 Å². The zero-order chi connectivity index (χ0) is 45.4. The molecule has 7 saturated carbocycles. The average Bonchev–Trinajstić information content (AvgIpc) is 3.58. The molecule has 2 amide bonds. The fourth-order valence-corrected chi connectivity index (χ4v) is 16.9. The summed E-state index contributed by atoms with van der Waals surface area (Å²) in [6.45, 7) is 36.0. The van der Waals surface area contributed by atoms with Crippen LogP contribution >= 0.6 is 0 Å². The highest BCUT2D eigenvalue weighted by Crippen LogP contribution is 2.78. The Hall–Kier alpha value is -2.42. The summed E-state index contributed by atoms with van der Waals surface area (Å²) >= 11 is 0. The first kappa shape index (κ1) is 46.1. The standard InChI is InChI=1S/C53H84N2O7/c1-31(2)32-17-22-53(45(59)54-39-30-34(48(39,8)9)42(56)55-25-27-60-28-26-55)24-23-51(13)33(41(32)53)15-16-38-50(12)20-19-40(49(10,11)37(50)18-21-52(38,51)14)61-43(57)35-29-36(47(35,6)7)44(58)62-46(3,4)5/h32-41H,1,15-30H2,2-14H3,(H,54,59)/t32-,33+,34-,35?,36?,37-,38+,39-,40-,41+,50-,51+,52+,53-/m0/s1. The van der Waals surface area contributed by atoms with E-state index < -0.39 is 16.4 Å². The Morgan fingerprint density at radius 3 is 1.97 bits per heavy atom. The van der Waals surface area contributed by atoms with Crippen molar-refractivity contribution in [3.05, 3.63) is 12.2 Å². The maximum absolute atomic E-state index is 15.1. The van der Waals surface area contributed by atoms with Gasteiger partial charge >= 0.3 is 11.9 Å². The summed E-state index contributed by atoms with van der Waals surface area (Å²) in [4.78, 5) is 57.7. The molecule has 14 atom stereocenters. The SMILES string of the molecule is C=C(C)[C@@H]1CC[C@]2(C(=O)N[C@H]3C[C@@H](C(=O)N4CCOCC4)C3(C)C)CC[C@]3(C)[C@H](CC[C@@H]4[C@@]5(C)CC[C@H](OC(=O)C6CC(C(=O)OC(C)(C)C)C6(C)C)C(C)(C)[C@@H]5CC[C@]43C)[C@@H]12. The molecule has 2 unspecified atom stereocenters. The predicted octanol–water partition coefficient (Wildman–Crippen LogP) is 9.95. The van der Waals surface area contributed by atoms with Gasteiger partial charge in [-0.25, -0.2) is 0 Å². The summed E-state index contributed by atoms with van der Waals surface area (Å²) in [6, 6.07) is -0.00667. The number of allylic oxidation sites excluding steroid dienone is 1. The molecule has 0 radical (unpaired) electrons.